The number of thiocarbonyl (C=S) groups is 1. The van der Waals surface area contributed by atoms with Gasteiger partial charge in [-0.25, -0.2) is 0 Å². The molecule has 0 bridgehead atoms. The Labute approximate surface area is 159 Å². The molecule has 25 heavy (non-hydrogen) atoms. The zero-order valence-electron chi connectivity index (χ0n) is 14.0. The van der Waals surface area contributed by atoms with E-state index in [4.69, 9.17) is 12.2 Å². The van der Waals surface area contributed by atoms with Crippen LogP contribution in [0.3, 0.4) is 0 Å². The summed E-state index contributed by atoms with van der Waals surface area (Å²) >= 11 is 8.40. The molecule has 2 aromatic rings. The maximum atomic E-state index is 12.4. The van der Waals surface area contributed by atoms with Gasteiger partial charge in [-0.15, -0.1) is 0 Å². The fourth-order valence-electron chi connectivity index (χ4n) is 2.82. The van der Waals surface area contributed by atoms with Gasteiger partial charge in [0.05, 0.1) is 0 Å². The molecule has 1 saturated heterocycles. The summed E-state index contributed by atoms with van der Waals surface area (Å²) in [6.45, 7) is 3.95. The second-order valence-corrected chi connectivity index (χ2v) is 7.12. The van der Waals surface area contributed by atoms with Crippen LogP contribution in [0.15, 0.2) is 40.4 Å². The SMILES string of the molecule is Cc1cc(/C=C2/C(=O)NC(=S)N(C)C2=O)c(C)n1-c1ccc(Br)cc1. The number of benzene rings is 1. The number of halogens is 1. The number of amides is 2. The van der Waals surface area contributed by atoms with E-state index in [1.54, 1.807) is 13.1 Å². The number of nitrogens with one attached hydrogen (secondary N) is 1. The Hall–Kier alpha value is -2.25. The number of aryl methyl sites for hydroxylation is 1. The quantitative estimate of drug-likeness (QED) is 0.463. The zero-order chi connectivity index (χ0) is 18.3. The molecule has 0 radical (unpaired) electrons. The first-order valence-corrected chi connectivity index (χ1v) is 8.79. The van der Waals surface area contributed by atoms with E-state index in [-0.39, 0.29) is 10.7 Å². The van der Waals surface area contributed by atoms with E-state index < -0.39 is 11.8 Å². The fraction of sp³-hybridized carbons (Fsp3) is 0.167. The predicted molar refractivity (Wildman–Crippen MR) is 104 cm³/mol. The largest absolute Gasteiger partial charge is 0.318 e. The Bertz CT molecular complexity index is 929. The van der Waals surface area contributed by atoms with Crippen LogP contribution in [0, 0.1) is 13.8 Å². The van der Waals surface area contributed by atoms with E-state index in [0.717, 1.165) is 27.1 Å². The molecule has 0 aliphatic carbocycles. The van der Waals surface area contributed by atoms with E-state index in [2.05, 4.69) is 25.8 Å². The number of carbonyl (C=O) groups is 2. The molecule has 1 N–H and O–H groups in total. The summed E-state index contributed by atoms with van der Waals surface area (Å²) in [5.41, 5.74) is 3.87. The monoisotopic (exact) mass is 417 g/mol. The van der Waals surface area contributed by atoms with Gasteiger partial charge in [0.1, 0.15) is 5.57 Å². The van der Waals surface area contributed by atoms with Gasteiger partial charge in [0.2, 0.25) is 0 Å². The standard InChI is InChI=1S/C18H16BrN3O2S/c1-10-8-12(9-15-16(23)20-18(25)21(3)17(15)24)11(2)22(10)14-6-4-13(19)5-7-14/h4-9H,1-3H3,(H,20,23,25)/b15-9-. The van der Waals surface area contributed by atoms with Crippen molar-refractivity contribution in [3.63, 3.8) is 0 Å². The lowest BCUT2D eigenvalue weighted by atomic mass is 10.1. The molecule has 1 aliphatic rings. The molecule has 1 aromatic heterocycles. The van der Waals surface area contributed by atoms with Crippen molar-refractivity contribution >= 4 is 51.2 Å². The Morgan fingerprint density at radius 2 is 1.80 bits per heavy atom. The third-order valence-electron chi connectivity index (χ3n) is 4.16. The number of hydrogen-bond acceptors (Lipinski definition) is 3. The third-order valence-corrected chi connectivity index (χ3v) is 5.06. The van der Waals surface area contributed by atoms with Crippen molar-refractivity contribution in [2.75, 3.05) is 7.05 Å². The average molecular weight is 418 g/mol. The number of rotatable bonds is 2. The minimum absolute atomic E-state index is 0.0761. The van der Waals surface area contributed by atoms with Crippen molar-refractivity contribution in [1.82, 2.24) is 14.8 Å². The van der Waals surface area contributed by atoms with Gasteiger partial charge in [-0.2, -0.15) is 0 Å². The highest BCUT2D eigenvalue weighted by Crippen LogP contribution is 2.25. The zero-order valence-corrected chi connectivity index (χ0v) is 16.4. The topological polar surface area (TPSA) is 54.3 Å². The Balaban J connectivity index is 2.06. The van der Waals surface area contributed by atoms with Crippen molar-refractivity contribution in [2.24, 2.45) is 0 Å². The maximum absolute atomic E-state index is 12.4. The van der Waals surface area contributed by atoms with Crippen molar-refractivity contribution in [2.45, 2.75) is 13.8 Å². The minimum atomic E-state index is -0.471. The molecule has 0 saturated carbocycles. The van der Waals surface area contributed by atoms with E-state index in [9.17, 15) is 9.59 Å². The van der Waals surface area contributed by atoms with Gasteiger partial charge in [0, 0.05) is 28.6 Å². The van der Waals surface area contributed by atoms with Gasteiger partial charge in [-0.1, -0.05) is 15.9 Å². The first-order valence-electron chi connectivity index (χ1n) is 7.59. The Morgan fingerprint density at radius 1 is 1.16 bits per heavy atom. The first kappa shape index (κ1) is 17.6. The summed E-state index contributed by atoms with van der Waals surface area (Å²) < 4.78 is 3.09. The van der Waals surface area contributed by atoms with Crippen LogP contribution in [0.5, 0.6) is 0 Å². The second-order valence-electron chi connectivity index (χ2n) is 5.82. The Morgan fingerprint density at radius 3 is 2.44 bits per heavy atom. The molecule has 2 amide bonds. The highest BCUT2D eigenvalue weighted by molar-refractivity contribution is 9.10. The lowest BCUT2D eigenvalue weighted by Gasteiger charge is -2.25. The summed E-state index contributed by atoms with van der Waals surface area (Å²) in [7, 11) is 1.54. The summed E-state index contributed by atoms with van der Waals surface area (Å²) in [5, 5.41) is 2.64. The van der Waals surface area contributed by atoms with Crippen LogP contribution in [-0.2, 0) is 9.59 Å². The number of nitrogens with zero attached hydrogens (tertiary/aromatic N) is 2. The molecule has 128 valence electrons. The van der Waals surface area contributed by atoms with Gasteiger partial charge in [-0.05, 0) is 68.0 Å². The molecular formula is C18H16BrN3O2S. The van der Waals surface area contributed by atoms with Crippen LogP contribution >= 0.6 is 28.1 Å². The molecular weight excluding hydrogens is 402 g/mol. The number of aromatic nitrogens is 1. The maximum Gasteiger partial charge on any atom is 0.265 e. The van der Waals surface area contributed by atoms with E-state index in [1.807, 2.05) is 44.2 Å². The fourth-order valence-corrected chi connectivity index (χ4v) is 3.26. The molecule has 1 aromatic carbocycles. The molecule has 7 heteroatoms. The van der Waals surface area contributed by atoms with Crippen LogP contribution in [0.2, 0.25) is 0 Å². The smallest absolute Gasteiger partial charge is 0.265 e. The lowest BCUT2D eigenvalue weighted by Crippen LogP contribution is -2.52. The first-order chi connectivity index (χ1) is 11.8. The highest BCUT2D eigenvalue weighted by atomic mass is 79.9. The van der Waals surface area contributed by atoms with Crippen molar-refractivity contribution in [3.8, 4) is 5.69 Å². The average Bonchev–Trinajstić information content (AvgIpc) is 2.84. The van der Waals surface area contributed by atoms with Gasteiger partial charge in [0.15, 0.2) is 5.11 Å². The van der Waals surface area contributed by atoms with Gasteiger partial charge in [0.25, 0.3) is 11.8 Å². The lowest BCUT2D eigenvalue weighted by molar-refractivity contribution is -0.128. The summed E-state index contributed by atoms with van der Waals surface area (Å²) in [4.78, 5) is 25.8. The van der Waals surface area contributed by atoms with Crippen LogP contribution < -0.4 is 5.32 Å². The number of hydrogen-bond donors (Lipinski definition) is 1. The summed E-state index contributed by atoms with van der Waals surface area (Å²) in [5.74, 6) is -0.872. The van der Waals surface area contributed by atoms with Crippen LogP contribution in [-0.4, -0.2) is 33.4 Å². The third kappa shape index (κ3) is 3.17. The minimum Gasteiger partial charge on any atom is -0.318 e. The predicted octanol–water partition coefficient (Wildman–Crippen LogP) is 3.11. The van der Waals surface area contributed by atoms with Gasteiger partial charge < -0.3 is 4.57 Å². The number of carbonyl (C=O) groups excluding carboxylic acids is 2. The molecule has 0 unspecified atom stereocenters. The Kier molecular flexibility index (Phi) is 4.62. The van der Waals surface area contributed by atoms with Crippen LogP contribution in [0.25, 0.3) is 11.8 Å². The molecule has 3 rings (SSSR count). The van der Waals surface area contributed by atoms with Gasteiger partial charge in [-0.3, -0.25) is 19.8 Å². The second kappa shape index (κ2) is 6.57. The van der Waals surface area contributed by atoms with E-state index >= 15 is 0 Å². The van der Waals surface area contributed by atoms with Crippen LogP contribution in [0.1, 0.15) is 17.0 Å². The molecule has 0 atom stereocenters. The van der Waals surface area contributed by atoms with Crippen molar-refractivity contribution in [3.05, 3.63) is 57.3 Å². The molecule has 5 nitrogen and oxygen atoms in total. The molecule has 2 heterocycles. The van der Waals surface area contributed by atoms with Crippen molar-refractivity contribution in [1.29, 1.82) is 0 Å². The normalized spacial score (nSPS) is 16.6. The molecule has 1 aliphatic heterocycles. The summed E-state index contributed by atoms with van der Waals surface area (Å²) in [6.07, 6.45) is 1.62. The highest BCUT2D eigenvalue weighted by Gasteiger charge is 2.31. The number of likely N-dealkylation sites (N-methyl/N-ethyl adjacent to an activating group) is 1. The molecule has 0 spiro atoms. The molecule has 1 fully saturated rings. The van der Waals surface area contributed by atoms with Gasteiger partial charge >= 0.3 is 0 Å². The van der Waals surface area contributed by atoms with E-state index in [0.29, 0.717) is 0 Å². The summed E-state index contributed by atoms with van der Waals surface area (Å²) in [6, 6.07) is 9.91. The van der Waals surface area contributed by atoms with E-state index in [1.165, 1.54) is 4.90 Å². The van der Waals surface area contributed by atoms with Crippen molar-refractivity contribution < 1.29 is 9.59 Å². The van der Waals surface area contributed by atoms with Crippen LogP contribution in [0.4, 0.5) is 0 Å².